The van der Waals surface area contributed by atoms with Gasteiger partial charge in [-0.25, -0.2) is 0 Å². The molecule has 24 heavy (non-hydrogen) atoms. The highest BCUT2D eigenvalue weighted by Crippen LogP contribution is 2.28. The van der Waals surface area contributed by atoms with Crippen LogP contribution < -0.4 is 5.32 Å². The van der Waals surface area contributed by atoms with Crippen molar-refractivity contribution in [3.63, 3.8) is 0 Å². The number of nitrogens with one attached hydrogen (secondary N) is 1. The first kappa shape index (κ1) is 22.0. The topological polar surface area (TPSA) is 40.1 Å². The summed E-state index contributed by atoms with van der Waals surface area (Å²) in [7, 11) is 4.33. The molecule has 6 heteroatoms. The third-order valence-corrected chi connectivity index (χ3v) is 4.96. The Labute approximate surface area is 165 Å². The molecule has 0 atom stereocenters. The predicted octanol–water partition coefficient (Wildman–Crippen LogP) is 2.66. The summed E-state index contributed by atoms with van der Waals surface area (Å²) in [6, 6.07) is 0. The average molecular weight is 452 g/mol. The third-order valence-electron chi connectivity index (χ3n) is 4.96. The van der Waals surface area contributed by atoms with E-state index in [1.165, 1.54) is 45.2 Å². The van der Waals surface area contributed by atoms with Crippen molar-refractivity contribution in [2.45, 2.75) is 39.0 Å². The van der Waals surface area contributed by atoms with Gasteiger partial charge in [-0.15, -0.1) is 24.0 Å². The maximum absolute atomic E-state index is 5.74. The Kier molecular flexibility index (Phi) is 11.3. The van der Waals surface area contributed by atoms with Crippen molar-refractivity contribution in [2.24, 2.45) is 16.8 Å². The molecule has 0 radical (unpaired) electrons. The van der Waals surface area contributed by atoms with Gasteiger partial charge in [-0.1, -0.05) is 0 Å². The fourth-order valence-corrected chi connectivity index (χ4v) is 3.02. The van der Waals surface area contributed by atoms with Crippen molar-refractivity contribution >= 4 is 29.9 Å². The normalized spacial score (nSPS) is 19.9. The summed E-state index contributed by atoms with van der Waals surface area (Å²) in [4.78, 5) is 9.44. The SMILES string of the molecule is CCNC(=NCCC1CCN(C)CC1)N(C)CCOCC1CC1.I. The molecule has 0 unspecified atom stereocenters. The van der Waals surface area contributed by atoms with Crippen molar-refractivity contribution < 1.29 is 4.74 Å². The molecule has 1 aliphatic heterocycles. The molecular formula is C18H37IN4O. The molecule has 0 amide bonds. The summed E-state index contributed by atoms with van der Waals surface area (Å²) in [6.45, 7) is 9.12. The summed E-state index contributed by atoms with van der Waals surface area (Å²) >= 11 is 0. The molecule has 1 aliphatic carbocycles. The van der Waals surface area contributed by atoms with Gasteiger partial charge in [0.1, 0.15) is 0 Å². The van der Waals surface area contributed by atoms with Gasteiger partial charge in [0.2, 0.25) is 0 Å². The van der Waals surface area contributed by atoms with Crippen LogP contribution in [0.2, 0.25) is 0 Å². The second-order valence-corrected chi connectivity index (χ2v) is 7.21. The minimum atomic E-state index is 0. The summed E-state index contributed by atoms with van der Waals surface area (Å²) < 4.78 is 5.74. The smallest absolute Gasteiger partial charge is 0.193 e. The summed E-state index contributed by atoms with van der Waals surface area (Å²) in [5, 5.41) is 3.40. The van der Waals surface area contributed by atoms with Crippen LogP contribution in [-0.2, 0) is 4.74 Å². The third kappa shape index (κ3) is 8.85. The highest BCUT2D eigenvalue weighted by Gasteiger charge is 2.21. The first-order valence-corrected chi connectivity index (χ1v) is 9.44. The van der Waals surface area contributed by atoms with Gasteiger partial charge in [0, 0.05) is 33.3 Å². The van der Waals surface area contributed by atoms with Crippen LogP contribution in [0.1, 0.15) is 39.0 Å². The number of nitrogens with zero attached hydrogens (tertiary/aromatic N) is 3. The van der Waals surface area contributed by atoms with E-state index in [0.29, 0.717) is 0 Å². The van der Waals surface area contributed by atoms with E-state index < -0.39 is 0 Å². The minimum absolute atomic E-state index is 0. The highest BCUT2D eigenvalue weighted by molar-refractivity contribution is 14.0. The van der Waals surface area contributed by atoms with Gasteiger partial charge in [-0.05, 0) is 71.0 Å². The second-order valence-electron chi connectivity index (χ2n) is 7.21. The molecular weight excluding hydrogens is 415 g/mol. The molecule has 0 spiro atoms. The van der Waals surface area contributed by atoms with Gasteiger partial charge in [0.25, 0.3) is 0 Å². The van der Waals surface area contributed by atoms with Gasteiger partial charge in [0.15, 0.2) is 5.96 Å². The van der Waals surface area contributed by atoms with E-state index >= 15 is 0 Å². The average Bonchev–Trinajstić information content (AvgIpc) is 3.36. The fraction of sp³-hybridized carbons (Fsp3) is 0.944. The fourth-order valence-electron chi connectivity index (χ4n) is 3.02. The van der Waals surface area contributed by atoms with Gasteiger partial charge in [0.05, 0.1) is 6.61 Å². The lowest BCUT2D eigenvalue weighted by atomic mass is 9.94. The van der Waals surface area contributed by atoms with Gasteiger partial charge in [-0.3, -0.25) is 4.99 Å². The lowest BCUT2D eigenvalue weighted by Gasteiger charge is -2.28. The van der Waals surface area contributed by atoms with Crippen LogP contribution in [0.3, 0.4) is 0 Å². The quantitative estimate of drug-likeness (QED) is 0.253. The molecule has 5 nitrogen and oxygen atoms in total. The van der Waals surface area contributed by atoms with Crippen molar-refractivity contribution in [3.8, 4) is 0 Å². The van der Waals surface area contributed by atoms with Crippen molar-refractivity contribution in [2.75, 3.05) is 60.0 Å². The summed E-state index contributed by atoms with van der Waals surface area (Å²) in [5.74, 6) is 2.72. The van der Waals surface area contributed by atoms with Crippen LogP contribution in [0, 0.1) is 11.8 Å². The van der Waals surface area contributed by atoms with E-state index in [0.717, 1.165) is 50.6 Å². The summed E-state index contributed by atoms with van der Waals surface area (Å²) in [6.07, 6.45) is 6.59. The van der Waals surface area contributed by atoms with E-state index in [9.17, 15) is 0 Å². The number of hydrogen-bond donors (Lipinski definition) is 1. The number of likely N-dealkylation sites (tertiary alicyclic amines) is 1. The van der Waals surface area contributed by atoms with Crippen LogP contribution in [0.25, 0.3) is 0 Å². The number of aliphatic imine (C=N–C) groups is 1. The first-order valence-electron chi connectivity index (χ1n) is 9.44. The number of halogens is 1. The molecule has 2 rings (SSSR count). The highest BCUT2D eigenvalue weighted by atomic mass is 127. The predicted molar refractivity (Wildman–Crippen MR) is 112 cm³/mol. The number of piperidine rings is 1. The molecule has 2 aliphatic rings. The Morgan fingerprint density at radius 1 is 1.21 bits per heavy atom. The maximum Gasteiger partial charge on any atom is 0.193 e. The number of likely N-dealkylation sites (N-methyl/N-ethyl adjacent to an activating group) is 1. The van der Waals surface area contributed by atoms with Crippen LogP contribution in [-0.4, -0.2) is 75.8 Å². The molecule has 0 bridgehead atoms. The van der Waals surface area contributed by atoms with Crippen molar-refractivity contribution in [1.29, 1.82) is 0 Å². The van der Waals surface area contributed by atoms with Gasteiger partial charge < -0.3 is 19.9 Å². The molecule has 0 aromatic rings. The van der Waals surface area contributed by atoms with Crippen LogP contribution in [0.5, 0.6) is 0 Å². The zero-order valence-electron chi connectivity index (χ0n) is 15.8. The molecule has 142 valence electrons. The Morgan fingerprint density at radius 3 is 2.54 bits per heavy atom. The van der Waals surface area contributed by atoms with Crippen LogP contribution in [0.15, 0.2) is 4.99 Å². The number of rotatable bonds is 9. The molecule has 0 aromatic carbocycles. The monoisotopic (exact) mass is 452 g/mol. The number of hydrogen-bond acceptors (Lipinski definition) is 3. The largest absolute Gasteiger partial charge is 0.379 e. The molecule has 1 saturated carbocycles. The molecule has 1 saturated heterocycles. The number of ether oxygens (including phenoxy) is 1. The van der Waals surface area contributed by atoms with Crippen molar-refractivity contribution in [3.05, 3.63) is 0 Å². The maximum atomic E-state index is 5.74. The van der Waals surface area contributed by atoms with Crippen molar-refractivity contribution in [1.82, 2.24) is 15.1 Å². The zero-order chi connectivity index (χ0) is 16.5. The Bertz CT molecular complexity index is 355. The molecule has 1 heterocycles. The van der Waals surface area contributed by atoms with E-state index in [-0.39, 0.29) is 24.0 Å². The van der Waals surface area contributed by atoms with E-state index in [4.69, 9.17) is 9.73 Å². The van der Waals surface area contributed by atoms with E-state index in [2.05, 4.69) is 36.1 Å². The zero-order valence-corrected chi connectivity index (χ0v) is 18.1. The minimum Gasteiger partial charge on any atom is -0.379 e. The lowest BCUT2D eigenvalue weighted by molar-refractivity contribution is 0.115. The van der Waals surface area contributed by atoms with Crippen LogP contribution >= 0.6 is 24.0 Å². The summed E-state index contributed by atoms with van der Waals surface area (Å²) in [5.41, 5.74) is 0. The molecule has 0 aromatic heterocycles. The Hall–Kier alpha value is -0.0800. The van der Waals surface area contributed by atoms with E-state index in [1.807, 2.05) is 0 Å². The van der Waals surface area contributed by atoms with Crippen LogP contribution in [0.4, 0.5) is 0 Å². The second kappa shape index (κ2) is 12.3. The molecule has 2 fully saturated rings. The number of guanidine groups is 1. The Morgan fingerprint density at radius 2 is 1.92 bits per heavy atom. The lowest BCUT2D eigenvalue weighted by Crippen LogP contribution is -2.40. The Balaban J connectivity index is 0.00000288. The van der Waals surface area contributed by atoms with E-state index in [1.54, 1.807) is 0 Å². The molecule has 1 N–H and O–H groups in total. The van der Waals surface area contributed by atoms with Gasteiger partial charge in [-0.2, -0.15) is 0 Å². The standard InChI is InChI=1S/C18H36N4O.HI/c1-4-19-18(22(3)13-14-23-15-17-5-6-17)20-10-7-16-8-11-21(2)12-9-16;/h16-17H,4-15H2,1-3H3,(H,19,20);1H. The van der Waals surface area contributed by atoms with Gasteiger partial charge >= 0.3 is 0 Å². The first-order chi connectivity index (χ1) is 11.2.